The van der Waals surface area contributed by atoms with Crippen molar-refractivity contribution in [2.45, 2.75) is 6.92 Å². The molecule has 3 nitrogen and oxygen atoms in total. The van der Waals surface area contributed by atoms with Crippen LogP contribution in [0, 0.1) is 0 Å². The zero-order valence-corrected chi connectivity index (χ0v) is 10.1. The monoisotopic (exact) mass is 242 g/mol. The highest BCUT2D eigenvalue weighted by molar-refractivity contribution is 7.20. The molecule has 0 unspecified atom stereocenters. The van der Waals surface area contributed by atoms with Gasteiger partial charge in [-0.1, -0.05) is 18.2 Å². The second-order valence-corrected chi connectivity index (χ2v) is 4.89. The third-order valence-electron chi connectivity index (χ3n) is 2.61. The number of hydrogen-bond donors (Lipinski definition) is 0. The highest BCUT2D eigenvalue weighted by Gasteiger charge is 2.11. The Morgan fingerprint density at radius 3 is 2.76 bits per heavy atom. The zero-order valence-electron chi connectivity index (χ0n) is 9.25. The Morgan fingerprint density at radius 1 is 1.29 bits per heavy atom. The van der Waals surface area contributed by atoms with Crippen LogP contribution >= 0.6 is 11.3 Å². The average Bonchev–Trinajstić information content (AvgIpc) is 2.89. The normalized spacial score (nSPS) is 10.9. The second-order valence-electron chi connectivity index (χ2n) is 3.81. The van der Waals surface area contributed by atoms with Crippen molar-refractivity contribution in [3.05, 3.63) is 47.5 Å². The molecule has 2 heterocycles. The minimum atomic E-state index is 0.103. The molecule has 0 atom stereocenters. The second kappa shape index (κ2) is 3.82. The van der Waals surface area contributed by atoms with Gasteiger partial charge in [-0.3, -0.25) is 4.79 Å². The van der Waals surface area contributed by atoms with Gasteiger partial charge in [-0.2, -0.15) is 5.10 Å². The van der Waals surface area contributed by atoms with Gasteiger partial charge in [0.1, 0.15) is 0 Å². The van der Waals surface area contributed by atoms with E-state index in [0.29, 0.717) is 0 Å². The average molecular weight is 242 g/mol. The topological polar surface area (TPSA) is 34.9 Å². The molecule has 0 bridgehead atoms. The number of carbonyl (C=O) groups is 1. The Hall–Kier alpha value is -1.94. The number of thiophene rings is 1. The fourth-order valence-corrected chi connectivity index (χ4v) is 2.68. The SMILES string of the molecule is CC(=O)c1cc2c(cnn2-c2ccccc2)s1. The maximum Gasteiger partial charge on any atom is 0.169 e. The lowest BCUT2D eigenvalue weighted by molar-refractivity contribution is 0.102. The smallest absolute Gasteiger partial charge is 0.169 e. The predicted octanol–water partition coefficient (Wildman–Crippen LogP) is 3.29. The molecule has 0 amide bonds. The highest BCUT2D eigenvalue weighted by Crippen LogP contribution is 2.27. The van der Waals surface area contributed by atoms with Gasteiger partial charge in [0.25, 0.3) is 0 Å². The quantitative estimate of drug-likeness (QED) is 0.646. The molecule has 0 N–H and O–H groups in total. The van der Waals surface area contributed by atoms with E-state index in [0.717, 1.165) is 20.8 Å². The number of carbonyl (C=O) groups excluding carboxylic acids is 1. The number of ketones is 1. The molecule has 0 saturated carbocycles. The molecule has 2 aromatic heterocycles. The Labute approximate surface area is 102 Å². The molecule has 84 valence electrons. The molecule has 3 rings (SSSR count). The molecular formula is C13H10N2OS. The first-order valence-electron chi connectivity index (χ1n) is 5.29. The van der Waals surface area contributed by atoms with E-state index in [4.69, 9.17) is 0 Å². The number of Topliss-reactive ketones (excluding diaryl/α,β-unsaturated/α-hetero) is 1. The van der Waals surface area contributed by atoms with E-state index < -0.39 is 0 Å². The molecular weight excluding hydrogens is 232 g/mol. The van der Waals surface area contributed by atoms with Crippen LogP contribution in [0.3, 0.4) is 0 Å². The number of nitrogens with zero attached hydrogens (tertiary/aromatic N) is 2. The van der Waals surface area contributed by atoms with Crippen LogP contribution < -0.4 is 0 Å². The van der Waals surface area contributed by atoms with Gasteiger partial charge >= 0.3 is 0 Å². The highest BCUT2D eigenvalue weighted by atomic mass is 32.1. The van der Waals surface area contributed by atoms with Crippen LogP contribution in [0.2, 0.25) is 0 Å². The van der Waals surface area contributed by atoms with Gasteiger partial charge in [-0.05, 0) is 25.1 Å². The van der Waals surface area contributed by atoms with Crippen LogP contribution in [0.25, 0.3) is 15.9 Å². The molecule has 0 aliphatic carbocycles. The van der Waals surface area contributed by atoms with Crippen molar-refractivity contribution in [1.29, 1.82) is 0 Å². The Kier molecular flexibility index (Phi) is 2.30. The van der Waals surface area contributed by atoms with Crippen molar-refractivity contribution in [1.82, 2.24) is 9.78 Å². The number of fused-ring (bicyclic) bond motifs is 1. The van der Waals surface area contributed by atoms with Gasteiger partial charge < -0.3 is 0 Å². The van der Waals surface area contributed by atoms with Gasteiger partial charge in [0, 0.05) is 0 Å². The van der Waals surface area contributed by atoms with Crippen molar-refractivity contribution < 1.29 is 4.79 Å². The maximum absolute atomic E-state index is 11.3. The van der Waals surface area contributed by atoms with Crippen LogP contribution in [0.1, 0.15) is 16.6 Å². The predicted molar refractivity (Wildman–Crippen MR) is 69.0 cm³/mol. The van der Waals surface area contributed by atoms with E-state index in [1.165, 1.54) is 11.3 Å². The van der Waals surface area contributed by atoms with Gasteiger partial charge in [0.05, 0.1) is 27.0 Å². The molecule has 17 heavy (non-hydrogen) atoms. The van der Waals surface area contributed by atoms with E-state index >= 15 is 0 Å². The standard InChI is InChI=1S/C13H10N2OS/c1-9(16)12-7-11-13(17-12)8-14-15(11)10-5-3-2-4-6-10/h2-8H,1H3. The Balaban J connectivity index is 2.21. The van der Waals surface area contributed by atoms with Crippen molar-refractivity contribution in [2.75, 3.05) is 0 Å². The Bertz CT molecular complexity index is 682. The molecule has 4 heteroatoms. The zero-order chi connectivity index (χ0) is 11.8. The van der Waals surface area contributed by atoms with Gasteiger partial charge in [0.15, 0.2) is 5.78 Å². The van der Waals surface area contributed by atoms with Gasteiger partial charge in [-0.25, -0.2) is 4.68 Å². The van der Waals surface area contributed by atoms with E-state index in [1.807, 2.05) is 41.1 Å². The fourth-order valence-electron chi connectivity index (χ4n) is 1.77. The summed E-state index contributed by atoms with van der Waals surface area (Å²) < 4.78 is 2.90. The molecule has 0 spiro atoms. The lowest BCUT2D eigenvalue weighted by atomic mass is 10.3. The number of hydrogen-bond acceptors (Lipinski definition) is 3. The summed E-state index contributed by atoms with van der Waals surface area (Å²) >= 11 is 1.49. The van der Waals surface area contributed by atoms with Crippen molar-refractivity contribution in [2.24, 2.45) is 0 Å². The number of aromatic nitrogens is 2. The lowest BCUT2D eigenvalue weighted by Gasteiger charge is -2.00. The number of para-hydroxylation sites is 1. The number of rotatable bonds is 2. The fraction of sp³-hybridized carbons (Fsp3) is 0.0769. The first-order chi connectivity index (χ1) is 8.25. The largest absolute Gasteiger partial charge is 0.294 e. The van der Waals surface area contributed by atoms with Crippen LogP contribution in [0.15, 0.2) is 42.6 Å². The van der Waals surface area contributed by atoms with Gasteiger partial charge in [0.2, 0.25) is 0 Å². The maximum atomic E-state index is 11.3. The van der Waals surface area contributed by atoms with E-state index in [1.54, 1.807) is 13.1 Å². The van der Waals surface area contributed by atoms with E-state index in [-0.39, 0.29) is 5.78 Å². The van der Waals surface area contributed by atoms with Gasteiger partial charge in [-0.15, -0.1) is 11.3 Å². The molecule has 0 saturated heterocycles. The third kappa shape index (κ3) is 1.66. The van der Waals surface area contributed by atoms with Crippen LogP contribution in [0.5, 0.6) is 0 Å². The summed E-state index contributed by atoms with van der Waals surface area (Å²) in [6.45, 7) is 1.59. The summed E-state index contributed by atoms with van der Waals surface area (Å²) in [6.07, 6.45) is 1.80. The summed E-state index contributed by atoms with van der Waals surface area (Å²) in [5.74, 6) is 0.103. The molecule has 0 fully saturated rings. The molecule has 0 aliphatic heterocycles. The van der Waals surface area contributed by atoms with E-state index in [2.05, 4.69) is 5.10 Å². The number of benzene rings is 1. The Morgan fingerprint density at radius 2 is 2.06 bits per heavy atom. The van der Waals surface area contributed by atoms with Crippen LogP contribution in [-0.4, -0.2) is 15.6 Å². The summed E-state index contributed by atoms with van der Waals surface area (Å²) in [4.78, 5) is 12.1. The first-order valence-corrected chi connectivity index (χ1v) is 6.11. The summed E-state index contributed by atoms with van der Waals surface area (Å²) in [5.41, 5.74) is 2.00. The summed E-state index contributed by atoms with van der Waals surface area (Å²) in [7, 11) is 0. The third-order valence-corrected chi connectivity index (χ3v) is 3.77. The molecule has 0 aliphatic rings. The summed E-state index contributed by atoms with van der Waals surface area (Å²) in [6, 6.07) is 11.8. The molecule has 0 radical (unpaired) electrons. The van der Waals surface area contributed by atoms with Crippen LogP contribution in [-0.2, 0) is 0 Å². The molecule has 3 aromatic rings. The van der Waals surface area contributed by atoms with Crippen molar-refractivity contribution in [3.63, 3.8) is 0 Å². The first kappa shape index (κ1) is 10.2. The van der Waals surface area contributed by atoms with Crippen molar-refractivity contribution in [3.8, 4) is 5.69 Å². The molecule has 1 aromatic carbocycles. The van der Waals surface area contributed by atoms with E-state index in [9.17, 15) is 4.79 Å². The minimum Gasteiger partial charge on any atom is -0.294 e. The summed E-state index contributed by atoms with van der Waals surface area (Å²) in [5, 5.41) is 4.34. The van der Waals surface area contributed by atoms with Crippen LogP contribution in [0.4, 0.5) is 0 Å². The van der Waals surface area contributed by atoms with Crippen molar-refractivity contribution >= 4 is 27.3 Å². The minimum absolute atomic E-state index is 0.103. The lowest BCUT2D eigenvalue weighted by Crippen LogP contribution is -1.94.